The van der Waals surface area contributed by atoms with Gasteiger partial charge < -0.3 is 20.1 Å². The first kappa shape index (κ1) is 18.5. The standard InChI is InChI=1S/C15H17ClN2O5/c1-3-6-23-13-5-4-11(7-12(13)16)18(10(2)19)9-14(20)17-8-15(21)22/h3-5,7H,1,6,8-9H2,2H3,(H,17,20)(H,21,22). The lowest BCUT2D eigenvalue weighted by molar-refractivity contribution is -0.137. The Balaban J connectivity index is 2.87. The third-order valence-electron chi connectivity index (χ3n) is 2.70. The van der Waals surface area contributed by atoms with Gasteiger partial charge in [-0.1, -0.05) is 24.3 Å². The van der Waals surface area contributed by atoms with Gasteiger partial charge in [-0.15, -0.1) is 0 Å². The first-order valence-electron chi connectivity index (χ1n) is 6.65. The van der Waals surface area contributed by atoms with E-state index in [9.17, 15) is 14.4 Å². The molecule has 1 aromatic rings. The first-order valence-corrected chi connectivity index (χ1v) is 7.02. The predicted octanol–water partition coefficient (Wildman–Crippen LogP) is 1.46. The van der Waals surface area contributed by atoms with Gasteiger partial charge in [-0.05, 0) is 18.2 Å². The van der Waals surface area contributed by atoms with Crippen LogP contribution in [0.25, 0.3) is 0 Å². The molecule has 0 saturated heterocycles. The van der Waals surface area contributed by atoms with Crippen molar-refractivity contribution in [2.75, 3.05) is 24.6 Å². The van der Waals surface area contributed by atoms with E-state index in [-0.39, 0.29) is 24.1 Å². The molecule has 23 heavy (non-hydrogen) atoms. The molecule has 124 valence electrons. The van der Waals surface area contributed by atoms with Crippen LogP contribution in [-0.2, 0) is 14.4 Å². The van der Waals surface area contributed by atoms with Crippen molar-refractivity contribution in [2.24, 2.45) is 0 Å². The molecule has 0 aromatic heterocycles. The molecule has 0 saturated carbocycles. The molecule has 2 amide bonds. The zero-order valence-electron chi connectivity index (χ0n) is 12.5. The number of hydrogen-bond acceptors (Lipinski definition) is 4. The number of rotatable bonds is 8. The largest absolute Gasteiger partial charge is 0.488 e. The summed E-state index contributed by atoms with van der Waals surface area (Å²) < 4.78 is 5.33. The lowest BCUT2D eigenvalue weighted by atomic mass is 10.2. The molecule has 0 atom stereocenters. The molecular formula is C15H17ClN2O5. The Kier molecular flexibility index (Phi) is 7.08. The fraction of sp³-hybridized carbons (Fsp3) is 0.267. The van der Waals surface area contributed by atoms with Crippen molar-refractivity contribution >= 4 is 35.1 Å². The number of carboxylic acid groups (broad SMARTS) is 1. The molecule has 0 aliphatic carbocycles. The third-order valence-corrected chi connectivity index (χ3v) is 3.00. The number of aliphatic carboxylic acids is 1. The SMILES string of the molecule is C=CCOc1ccc(N(CC(=O)NCC(=O)O)C(C)=O)cc1Cl. The maximum absolute atomic E-state index is 11.7. The second-order valence-corrected chi connectivity index (χ2v) is 4.90. The number of carbonyl (C=O) groups excluding carboxylic acids is 2. The van der Waals surface area contributed by atoms with E-state index in [0.29, 0.717) is 11.4 Å². The zero-order valence-corrected chi connectivity index (χ0v) is 13.3. The average Bonchev–Trinajstić information content (AvgIpc) is 2.49. The molecule has 0 heterocycles. The average molecular weight is 341 g/mol. The summed E-state index contributed by atoms with van der Waals surface area (Å²) in [6.45, 7) is 4.28. The van der Waals surface area contributed by atoms with Crippen LogP contribution in [-0.4, -0.2) is 42.6 Å². The predicted molar refractivity (Wildman–Crippen MR) is 85.8 cm³/mol. The minimum Gasteiger partial charge on any atom is -0.488 e. The number of nitrogens with zero attached hydrogens (tertiary/aromatic N) is 1. The van der Waals surface area contributed by atoms with Crippen LogP contribution in [0.5, 0.6) is 5.75 Å². The van der Waals surface area contributed by atoms with Crippen molar-refractivity contribution in [3.63, 3.8) is 0 Å². The van der Waals surface area contributed by atoms with E-state index in [4.69, 9.17) is 21.4 Å². The number of carboxylic acids is 1. The molecule has 8 heteroatoms. The van der Waals surface area contributed by atoms with Crippen LogP contribution in [0.2, 0.25) is 5.02 Å². The molecule has 1 rings (SSSR count). The minimum atomic E-state index is -1.17. The Bertz CT molecular complexity index is 618. The van der Waals surface area contributed by atoms with Crippen molar-refractivity contribution in [3.8, 4) is 5.75 Å². The van der Waals surface area contributed by atoms with E-state index >= 15 is 0 Å². The molecular weight excluding hydrogens is 324 g/mol. The lowest BCUT2D eigenvalue weighted by Gasteiger charge is -2.21. The fourth-order valence-corrected chi connectivity index (χ4v) is 1.91. The summed E-state index contributed by atoms with van der Waals surface area (Å²) in [6, 6.07) is 4.65. The summed E-state index contributed by atoms with van der Waals surface area (Å²) in [4.78, 5) is 35.0. The number of halogens is 1. The minimum absolute atomic E-state index is 0.279. The molecule has 2 N–H and O–H groups in total. The number of ether oxygens (including phenoxy) is 1. The summed E-state index contributed by atoms with van der Waals surface area (Å²) in [5.41, 5.74) is 0.402. The highest BCUT2D eigenvalue weighted by molar-refractivity contribution is 6.32. The van der Waals surface area contributed by atoms with Gasteiger partial charge in [0.15, 0.2) is 0 Å². The lowest BCUT2D eigenvalue weighted by Crippen LogP contribution is -2.41. The van der Waals surface area contributed by atoms with Gasteiger partial charge >= 0.3 is 5.97 Å². The van der Waals surface area contributed by atoms with Crippen molar-refractivity contribution in [1.29, 1.82) is 0 Å². The van der Waals surface area contributed by atoms with Gasteiger partial charge in [-0.25, -0.2) is 0 Å². The van der Waals surface area contributed by atoms with E-state index in [1.54, 1.807) is 18.2 Å². The summed E-state index contributed by atoms with van der Waals surface area (Å²) in [7, 11) is 0. The summed E-state index contributed by atoms with van der Waals surface area (Å²) in [6.07, 6.45) is 1.57. The van der Waals surface area contributed by atoms with E-state index in [1.807, 2.05) is 0 Å². The molecule has 0 unspecified atom stereocenters. The maximum Gasteiger partial charge on any atom is 0.322 e. The van der Waals surface area contributed by atoms with Crippen LogP contribution in [0.4, 0.5) is 5.69 Å². The van der Waals surface area contributed by atoms with Crippen LogP contribution in [0.1, 0.15) is 6.92 Å². The van der Waals surface area contributed by atoms with Crippen LogP contribution < -0.4 is 15.0 Å². The van der Waals surface area contributed by atoms with Gasteiger partial charge in [-0.3, -0.25) is 14.4 Å². The Morgan fingerprint density at radius 1 is 1.43 bits per heavy atom. The summed E-state index contributed by atoms with van der Waals surface area (Å²) >= 11 is 6.08. The molecule has 7 nitrogen and oxygen atoms in total. The molecule has 0 aliphatic heterocycles. The quantitative estimate of drug-likeness (QED) is 0.698. The van der Waals surface area contributed by atoms with Gasteiger partial charge in [-0.2, -0.15) is 0 Å². The Morgan fingerprint density at radius 3 is 2.65 bits per heavy atom. The molecule has 0 aliphatic rings. The number of anilines is 1. The summed E-state index contributed by atoms with van der Waals surface area (Å²) in [5.74, 6) is -1.72. The fourth-order valence-electron chi connectivity index (χ4n) is 1.68. The Morgan fingerprint density at radius 2 is 2.13 bits per heavy atom. The second kappa shape index (κ2) is 8.79. The number of nitrogens with one attached hydrogen (secondary N) is 1. The number of benzene rings is 1. The zero-order chi connectivity index (χ0) is 17.4. The highest BCUT2D eigenvalue weighted by Crippen LogP contribution is 2.29. The van der Waals surface area contributed by atoms with Crippen LogP contribution in [0.3, 0.4) is 0 Å². The van der Waals surface area contributed by atoms with Crippen LogP contribution in [0, 0.1) is 0 Å². The van der Waals surface area contributed by atoms with Crippen molar-refractivity contribution in [1.82, 2.24) is 5.32 Å². The normalized spacial score (nSPS) is 9.83. The topological polar surface area (TPSA) is 95.9 Å². The van der Waals surface area contributed by atoms with Gasteiger partial charge in [0.25, 0.3) is 0 Å². The number of carbonyl (C=O) groups is 3. The van der Waals surface area contributed by atoms with E-state index in [0.717, 1.165) is 0 Å². The number of hydrogen-bond donors (Lipinski definition) is 2. The smallest absolute Gasteiger partial charge is 0.322 e. The van der Waals surface area contributed by atoms with Gasteiger partial charge in [0.05, 0.1) is 5.02 Å². The monoisotopic (exact) mass is 340 g/mol. The third kappa shape index (κ3) is 5.99. The Labute approximate surface area is 138 Å². The highest BCUT2D eigenvalue weighted by atomic mass is 35.5. The number of amides is 2. The highest BCUT2D eigenvalue weighted by Gasteiger charge is 2.17. The van der Waals surface area contributed by atoms with Crippen molar-refractivity contribution in [3.05, 3.63) is 35.9 Å². The molecule has 1 aromatic carbocycles. The summed E-state index contributed by atoms with van der Waals surface area (Å²) in [5, 5.41) is 11.0. The van der Waals surface area contributed by atoms with E-state index in [1.165, 1.54) is 17.9 Å². The maximum atomic E-state index is 11.7. The molecule has 0 fully saturated rings. The van der Waals surface area contributed by atoms with Crippen molar-refractivity contribution in [2.45, 2.75) is 6.92 Å². The van der Waals surface area contributed by atoms with Crippen molar-refractivity contribution < 1.29 is 24.2 Å². The second-order valence-electron chi connectivity index (χ2n) is 4.49. The molecule has 0 radical (unpaired) electrons. The first-order chi connectivity index (χ1) is 10.8. The van der Waals surface area contributed by atoms with E-state index < -0.39 is 18.4 Å². The van der Waals surface area contributed by atoms with Gasteiger partial charge in [0.1, 0.15) is 25.4 Å². The Hall–Kier alpha value is -2.54. The molecule has 0 bridgehead atoms. The molecule has 0 spiro atoms. The van der Waals surface area contributed by atoms with Crippen LogP contribution in [0.15, 0.2) is 30.9 Å². The van der Waals surface area contributed by atoms with Gasteiger partial charge in [0.2, 0.25) is 11.8 Å². The van der Waals surface area contributed by atoms with Crippen LogP contribution >= 0.6 is 11.6 Å². The van der Waals surface area contributed by atoms with Gasteiger partial charge in [0, 0.05) is 12.6 Å². The van der Waals surface area contributed by atoms with E-state index in [2.05, 4.69) is 11.9 Å².